The average molecular weight is 880 g/mol. The zero-order chi connectivity index (χ0) is 39.9. The Morgan fingerprint density at radius 2 is 1.12 bits per heavy atom. The van der Waals surface area contributed by atoms with Crippen LogP contribution in [-0.2, 0) is 18.6 Å². The van der Waals surface area contributed by atoms with E-state index in [-0.39, 0.29) is 36.6 Å². The van der Waals surface area contributed by atoms with Crippen LogP contribution in [0.15, 0.2) is 126 Å². The van der Waals surface area contributed by atoms with Gasteiger partial charge in [-0.05, 0) is 107 Å². The molecule has 0 atom stereocenters. The van der Waals surface area contributed by atoms with Crippen LogP contribution in [0.5, 0.6) is 0 Å². The van der Waals surface area contributed by atoms with Gasteiger partial charge in [-0.1, -0.05) is 34.1 Å². The molecule has 0 bridgehead atoms. The van der Waals surface area contributed by atoms with Gasteiger partial charge in [0.05, 0.1) is 58.6 Å². The molecule has 284 valence electrons. The first-order chi connectivity index (χ1) is 26.5. The Morgan fingerprint density at radius 1 is 0.571 bits per heavy atom. The van der Waals surface area contributed by atoms with Crippen LogP contribution in [0, 0.1) is 6.08 Å². The van der Waals surface area contributed by atoms with Crippen molar-refractivity contribution >= 4 is 95.6 Å². The summed E-state index contributed by atoms with van der Waals surface area (Å²) in [6, 6.07) is 19.7. The normalized spacial score (nSPS) is 18.9. The van der Waals surface area contributed by atoms with E-state index in [0.29, 0.717) is 0 Å². The number of benzene rings is 2. The molecule has 2 aliphatic heterocycles. The first-order valence-corrected chi connectivity index (χ1v) is 19.8. The van der Waals surface area contributed by atoms with Crippen LogP contribution in [0.1, 0.15) is 55.4 Å². The third kappa shape index (κ3) is 8.26. The summed E-state index contributed by atoms with van der Waals surface area (Å²) < 4.78 is 47.3. The van der Waals surface area contributed by atoms with E-state index in [1.54, 1.807) is 25.1 Å². The first kappa shape index (κ1) is 40.0. The molecule has 10 rings (SSSR count). The van der Waals surface area contributed by atoms with Gasteiger partial charge in [-0.2, -0.15) is 0 Å². The SMILES string of the molecule is BrC1=c2ccoc2=[C+]C=C1.Brc1ccc2ccoc2c1.CC1(C)OB(C2=c3ccoc3=C[C+]=C2)OC1(C)C.CC1(C)OB(c2ccc3ccoc3c2)OC1(C)C. The fourth-order valence-electron chi connectivity index (χ4n) is 6.04. The van der Waals surface area contributed by atoms with E-state index >= 15 is 0 Å². The highest BCUT2D eigenvalue weighted by molar-refractivity contribution is 9.15. The molecule has 0 radical (unpaired) electrons. The molecule has 0 saturated carbocycles. The molecule has 6 heterocycles. The van der Waals surface area contributed by atoms with Gasteiger partial charge in [0.2, 0.25) is 5.42 Å². The van der Waals surface area contributed by atoms with Crippen molar-refractivity contribution in [2.45, 2.75) is 77.8 Å². The van der Waals surface area contributed by atoms with E-state index in [2.05, 4.69) is 71.7 Å². The fourth-order valence-corrected chi connectivity index (χ4v) is 6.82. The van der Waals surface area contributed by atoms with Crippen LogP contribution in [0.3, 0.4) is 0 Å². The highest BCUT2D eigenvalue weighted by Crippen LogP contribution is 2.39. The lowest BCUT2D eigenvalue weighted by molar-refractivity contribution is 0.00578. The maximum absolute atomic E-state index is 6.04. The van der Waals surface area contributed by atoms with E-state index in [4.69, 9.17) is 36.3 Å². The lowest BCUT2D eigenvalue weighted by atomic mass is 9.76. The minimum Gasteiger partial charge on any atom is -0.464 e. The second-order valence-corrected chi connectivity index (χ2v) is 17.4. The van der Waals surface area contributed by atoms with Crippen molar-refractivity contribution in [1.82, 2.24) is 0 Å². The zero-order valence-corrected chi connectivity index (χ0v) is 35.7. The van der Waals surface area contributed by atoms with Gasteiger partial charge in [0, 0.05) is 33.5 Å². The maximum Gasteiger partial charge on any atom is 0.576 e. The lowest BCUT2D eigenvalue weighted by Crippen LogP contribution is -2.41. The van der Waals surface area contributed by atoms with Gasteiger partial charge in [0.1, 0.15) is 50.8 Å². The van der Waals surface area contributed by atoms with Crippen LogP contribution in [0.4, 0.5) is 0 Å². The predicted molar refractivity (Wildman–Crippen MR) is 228 cm³/mol. The lowest BCUT2D eigenvalue weighted by Gasteiger charge is -2.32. The minimum atomic E-state index is -0.368. The number of fused-ring (bicyclic) bond motifs is 4. The van der Waals surface area contributed by atoms with E-state index < -0.39 is 0 Å². The molecule has 4 aromatic heterocycles. The highest BCUT2D eigenvalue weighted by atomic mass is 79.9. The minimum absolute atomic E-state index is 0.310. The third-order valence-corrected chi connectivity index (χ3v) is 11.9. The summed E-state index contributed by atoms with van der Waals surface area (Å²) in [5.74, 6) is 0. The Hall–Kier alpha value is -4.21. The first-order valence-electron chi connectivity index (χ1n) is 18.3. The van der Waals surface area contributed by atoms with Crippen molar-refractivity contribution in [2.75, 3.05) is 0 Å². The molecule has 56 heavy (non-hydrogen) atoms. The molecular weight excluding hydrogens is 838 g/mol. The second-order valence-electron chi connectivity index (χ2n) is 15.6. The Bertz CT molecular complexity index is 2640. The van der Waals surface area contributed by atoms with Gasteiger partial charge < -0.3 is 36.3 Å². The largest absolute Gasteiger partial charge is 0.576 e. The van der Waals surface area contributed by atoms with Gasteiger partial charge >= 0.3 is 19.7 Å². The number of furan rings is 4. The topological polar surface area (TPSA) is 89.5 Å². The van der Waals surface area contributed by atoms with Crippen LogP contribution in [0.2, 0.25) is 0 Å². The highest BCUT2D eigenvalue weighted by Gasteiger charge is 2.55. The van der Waals surface area contributed by atoms with Gasteiger partial charge in [-0.25, -0.2) is 0 Å². The Balaban J connectivity index is 0.000000119. The summed E-state index contributed by atoms with van der Waals surface area (Å²) >= 11 is 6.75. The second kappa shape index (κ2) is 15.6. The fraction of sp³-hybridized carbons (Fsp3) is 0.273. The van der Waals surface area contributed by atoms with Crippen LogP contribution >= 0.6 is 31.9 Å². The third-order valence-electron chi connectivity index (χ3n) is 10.8. The molecule has 0 spiro atoms. The van der Waals surface area contributed by atoms with Crippen molar-refractivity contribution in [1.29, 1.82) is 0 Å². The van der Waals surface area contributed by atoms with E-state index in [9.17, 15) is 0 Å². The number of hydrogen-bond acceptors (Lipinski definition) is 8. The summed E-state index contributed by atoms with van der Waals surface area (Å²) in [5, 5.41) is 4.33. The average Bonchev–Trinajstić information content (AvgIpc) is 4.00. The van der Waals surface area contributed by atoms with E-state index in [1.807, 2.05) is 113 Å². The monoisotopic (exact) mass is 878 g/mol. The van der Waals surface area contributed by atoms with Gasteiger partial charge in [0.15, 0.2) is 0 Å². The number of hydrogen-bond donors (Lipinski definition) is 0. The van der Waals surface area contributed by atoms with Crippen LogP contribution in [-0.4, -0.2) is 36.6 Å². The summed E-state index contributed by atoms with van der Waals surface area (Å²) in [6.07, 6.45) is 20.3. The van der Waals surface area contributed by atoms with Crippen LogP contribution < -0.4 is 26.7 Å². The zero-order valence-electron chi connectivity index (χ0n) is 32.6. The van der Waals surface area contributed by atoms with Crippen LogP contribution in [0.25, 0.3) is 44.0 Å². The van der Waals surface area contributed by atoms with Crippen molar-refractivity contribution in [3.8, 4) is 0 Å². The Labute approximate surface area is 343 Å². The Kier molecular flexibility index (Phi) is 11.2. The number of halogens is 2. The smallest absolute Gasteiger partial charge is 0.464 e. The summed E-state index contributed by atoms with van der Waals surface area (Å²) in [5.41, 5.74) is 4.09. The molecule has 2 aliphatic carbocycles. The molecule has 2 fully saturated rings. The molecule has 0 unspecified atom stereocenters. The summed E-state index contributed by atoms with van der Waals surface area (Å²) in [4.78, 5) is 0. The van der Waals surface area contributed by atoms with Gasteiger partial charge in [-0.15, -0.1) is 0 Å². The van der Waals surface area contributed by atoms with Crippen molar-refractivity contribution in [3.63, 3.8) is 0 Å². The Morgan fingerprint density at radius 3 is 1.77 bits per heavy atom. The molecular formula is C44H42B2Br2O8+2. The molecule has 0 N–H and O–H groups in total. The predicted octanol–water partition coefficient (Wildman–Crippen LogP) is 8.15. The van der Waals surface area contributed by atoms with Gasteiger partial charge in [0.25, 0.3) is 0 Å². The maximum atomic E-state index is 6.04. The molecule has 8 nitrogen and oxygen atoms in total. The summed E-state index contributed by atoms with van der Waals surface area (Å²) in [7, 11) is -0.697. The summed E-state index contributed by atoms with van der Waals surface area (Å²) in [6.45, 7) is 16.4. The molecule has 2 aromatic carbocycles. The molecule has 12 heteroatoms. The molecule has 4 aliphatic rings. The molecule has 2 saturated heterocycles. The van der Waals surface area contributed by atoms with E-state index in [1.165, 1.54) is 0 Å². The molecule has 6 aromatic rings. The van der Waals surface area contributed by atoms with Gasteiger partial charge in [-0.3, -0.25) is 0 Å². The number of allylic oxidation sites excluding steroid dienone is 4. The number of rotatable bonds is 2. The quantitative estimate of drug-likeness (QED) is 0.127. The van der Waals surface area contributed by atoms with Crippen molar-refractivity contribution in [3.05, 3.63) is 136 Å². The standard InChI is InChI=1S/C14H17BO3.C14H16BO3.C8H5BrO.C8H4BrO/c1-13(2)14(3,4)18-15(17-13)11-6-5-10-7-8-16-12(10)9-11;1-13(2)14(3,4)18-15(17-13)11-6-5-7-12-10(11)8-9-16-12;9-7-2-1-6-3-4-10-8(6)5-7;9-7-2-1-3-8-6(7)4-5-10-8/h5-9H,1-4H3;6-9H,1-4H3;1-5H;1-2,4-5H/q;+1;;+1. The van der Waals surface area contributed by atoms with Crippen molar-refractivity contribution in [2.24, 2.45) is 0 Å². The molecule has 0 amide bonds. The van der Waals surface area contributed by atoms with E-state index in [0.717, 1.165) is 63.1 Å². The van der Waals surface area contributed by atoms with Crippen molar-refractivity contribution < 1.29 is 36.3 Å².